The Labute approximate surface area is 217 Å². The van der Waals surface area contributed by atoms with Crippen molar-refractivity contribution in [3.63, 3.8) is 0 Å². The van der Waals surface area contributed by atoms with Gasteiger partial charge >= 0.3 is 0 Å². The molecule has 3 atom stereocenters. The number of imide groups is 1. The number of methoxy groups -OCH3 is 1. The summed E-state index contributed by atoms with van der Waals surface area (Å²) >= 11 is 1.13. The molecule has 1 unspecified atom stereocenters. The van der Waals surface area contributed by atoms with Gasteiger partial charge in [-0.2, -0.15) is 0 Å². The quantitative estimate of drug-likeness (QED) is 0.404. The van der Waals surface area contributed by atoms with Crippen molar-refractivity contribution in [2.75, 3.05) is 7.11 Å². The zero-order valence-electron chi connectivity index (χ0n) is 21.0. The maximum Gasteiger partial charge on any atom is 0.286 e. The molecule has 194 valence electrons. The third kappa shape index (κ3) is 6.14. The Morgan fingerprint density at radius 1 is 1.08 bits per heavy atom. The first-order valence-electron chi connectivity index (χ1n) is 13.4. The lowest BCUT2D eigenvalue weighted by molar-refractivity contribution is -0.119. The molecule has 1 saturated heterocycles. The van der Waals surface area contributed by atoms with Crippen LogP contribution in [0.4, 0.5) is 4.79 Å². The van der Waals surface area contributed by atoms with Crippen molar-refractivity contribution < 1.29 is 23.5 Å². The van der Waals surface area contributed by atoms with E-state index in [1.807, 2.05) is 24.3 Å². The molecule has 2 heterocycles. The number of ether oxygens (including phenoxy) is 2. The summed E-state index contributed by atoms with van der Waals surface area (Å²) in [6, 6.07) is 7.85. The first-order chi connectivity index (χ1) is 17.6. The molecular weight excluding hydrogens is 476 g/mol. The number of oxazole rings is 1. The lowest BCUT2D eigenvalue weighted by atomic mass is 9.84. The van der Waals surface area contributed by atoms with Gasteiger partial charge in [-0.1, -0.05) is 49.9 Å². The standard InChI is InChI=1S/C28H36N2O5S/c1-33-21-11-6-10-20(16-21)27-29-23(25(35-27)19-8-3-2-4-9-19)17-34-22-12-5-7-18(15-22)13-14-24-26(31)30-28(32)36-24/h6,10-11,16,18-19,22,24H,2-5,7-9,12-15,17H2,1H3,(H,30,31,32)/t18-,22-,24?/m0/s1. The average Bonchev–Trinajstić information content (AvgIpc) is 3.49. The maximum atomic E-state index is 11.9. The zero-order valence-corrected chi connectivity index (χ0v) is 21.8. The molecule has 1 N–H and O–H groups in total. The van der Waals surface area contributed by atoms with Crippen LogP contribution in [0.1, 0.15) is 88.0 Å². The Balaban J connectivity index is 1.23. The molecule has 1 aliphatic heterocycles. The number of nitrogens with one attached hydrogen (secondary N) is 1. The second kappa shape index (κ2) is 11.8. The van der Waals surface area contributed by atoms with E-state index in [1.165, 1.54) is 19.3 Å². The van der Waals surface area contributed by atoms with Gasteiger partial charge in [-0.05, 0) is 62.6 Å². The summed E-state index contributed by atoms with van der Waals surface area (Å²) in [4.78, 5) is 28.2. The molecule has 0 bridgehead atoms. The number of thioether (sulfide) groups is 1. The summed E-state index contributed by atoms with van der Waals surface area (Å²) in [5, 5.41) is 1.94. The van der Waals surface area contributed by atoms with Gasteiger partial charge in [-0.25, -0.2) is 4.98 Å². The maximum absolute atomic E-state index is 11.9. The van der Waals surface area contributed by atoms with E-state index in [2.05, 4.69) is 5.32 Å². The fourth-order valence-electron chi connectivity index (χ4n) is 5.85. The molecular formula is C28H36N2O5S. The number of amides is 2. The highest BCUT2D eigenvalue weighted by atomic mass is 32.2. The Bertz CT molecular complexity index is 1060. The van der Waals surface area contributed by atoms with Gasteiger partial charge in [0, 0.05) is 11.5 Å². The van der Waals surface area contributed by atoms with Gasteiger partial charge in [0.2, 0.25) is 11.8 Å². The van der Waals surface area contributed by atoms with Gasteiger partial charge in [0.1, 0.15) is 17.2 Å². The molecule has 36 heavy (non-hydrogen) atoms. The number of carbonyl (C=O) groups excluding carboxylic acids is 2. The minimum absolute atomic E-state index is 0.137. The first kappa shape index (κ1) is 25.3. The number of rotatable bonds is 9. The number of benzene rings is 1. The molecule has 1 aromatic heterocycles. The summed E-state index contributed by atoms with van der Waals surface area (Å²) in [5.41, 5.74) is 1.85. The molecule has 5 rings (SSSR count). The molecule has 3 fully saturated rings. The fraction of sp³-hybridized carbons (Fsp3) is 0.607. The molecule has 2 aliphatic carbocycles. The van der Waals surface area contributed by atoms with E-state index in [0.29, 0.717) is 24.3 Å². The van der Waals surface area contributed by atoms with Crippen molar-refractivity contribution in [2.24, 2.45) is 5.92 Å². The van der Waals surface area contributed by atoms with E-state index in [9.17, 15) is 9.59 Å². The summed E-state index contributed by atoms with van der Waals surface area (Å²) in [5.74, 6) is 3.21. The molecule has 8 heteroatoms. The Kier molecular flexibility index (Phi) is 8.32. The van der Waals surface area contributed by atoms with Crippen molar-refractivity contribution in [3.05, 3.63) is 35.7 Å². The fourth-order valence-corrected chi connectivity index (χ4v) is 6.69. The second-order valence-electron chi connectivity index (χ2n) is 10.3. The minimum atomic E-state index is -0.234. The number of nitrogens with zero attached hydrogens (tertiary/aromatic N) is 1. The van der Waals surface area contributed by atoms with Crippen LogP contribution in [-0.4, -0.2) is 34.6 Å². The van der Waals surface area contributed by atoms with Crippen LogP contribution in [0.15, 0.2) is 28.7 Å². The van der Waals surface area contributed by atoms with E-state index in [0.717, 1.165) is 85.9 Å². The summed E-state index contributed by atoms with van der Waals surface area (Å²) < 4.78 is 18.2. The molecule has 7 nitrogen and oxygen atoms in total. The predicted molar refractivity (Wildman–Crippen MR) is 139 cm³/mol. The molecule has 1 aromatic carbocycles. The first-order valence-corrected chi connectivity index (χ1v) is 14.2. The number of carbonyl (C=O) groups is 2. The van der Waals surface area contributed by atoms with Crippen LogP contribution in [0.2, 0.25) is 0 Å². The van der Waals surface area contributed by atoms with Crippen LogP contribution < -0.4 is 10.1 Å². The van der Waals surface area contributed by atoms with Crippen molar-refractivity contribution in [3.8, 4) is 17.2 Å². The van der Waals surface area contributed by atoms with E-state index < -0.39 is 0 Å². The van der Waals surface area contributed by atoms with Crippen molar-refractivity contribution in [1.82, 2.24) is 10.3 Å². The SMILES string of the molecule is COc1cccc(-c2nc(CO[C@H]3CCC[C@@H](CCC4SC(=O)NC4=O)C3)c(C3CCCCC3)o2)c1. The summed E-state index contributed by atoms with van der Waals surface area (Å²) in [6.45, 7) is 0.464. The lowest BCUT2D eigenvalue weighted by Crippen LogP contribution is -2.26. The van der Waals surface area contributed by atoms with E-state index >= 15 is 0 Å². The van der Waals surface area contributed by atoms with Crippen LogP contribution in [0.5, 0.6) is 5.75 Å². The van der Waals surface area contributed by atoms with Gasteiger partial charge in [-0.15, -0.1) is 0 Å². The monoisotopic (exact) mass is 512 g/mol. The Morgan fingerprint density at radius 2 is 1.94 bits per heavy atom. The molecule has 3 aliphatic rings. The molecule has 2 saturated carbocycles. The van der Waals surface area contributed by atoms with Crippen LogP contribution in [0, 0.1) is 5.92 Å². The topological polar surface area (TPSA) is 90.7 Å². The van der Waals surface area contributed by atoms with Crippen LogP contribution in [0.25, 0.3) is 11.5 Å². The Morgan fingerprint density at radius 3 is 2.72 bits per heavy atom. The highest BCUT2D eigenvalue weighted by Gasteiger charge is 2.33. The van der Waals surface area contributed by atoms with Gasteiger partial charge < -0.3 is 13.9 Å². The molecule has 2 amide bonds. The predicted octanol–water partition coefficient (Wildman–Crippen LogP) is 6.61. The smallest absolute Gasteiger partial charge is 0.286 e. The number of hydrogen-bond acceptors (Lipinski definition) is 7. The summed E-state index contributed by atoms with van der Waals surface area (Å²) in [7, 11) is 1.67. The number of aromatic nitrogens is 1. The Hall–Kier alpha value is -2.32. The van der Waals surface area contributed by atoms with Gasteiger partial charge in [-0.3, -0.25) is 14.9 Å². The van der Waals surface area contributed by atoms with Gasteiger partial charge in [0.25, 0.3) is 5.24 Å². The van der Waals surface area contributed by atoms with Crippen LogP contribution in [-0.2, 0) is 16.1 Å². The van der Waals surface area contributed by atoms with Crippen molar-refractivity contribution >= 4 is 22.9 Å². The van der Waals surface area contributed by atoms with Gasteiger partial charge in [0.15, 0.2) is 0 Å². The van der Waals surface area contributed by atoms with E-state index in [-0.39, 0.29) is 22.5 Å². The highest BCUT2D eigenvalue weighted by Crippen LogP contribution is 2.38. The molecule has 2 aromatic rings. The highest BCUT2D eigenvalue weighted by molar-refractivity contribution is 8.15. The second-order valence-corrected chi connectivity index (χ2v) is 11.5. The minimum Gasteiger partial charge on any atom is -0.497 e. The normalized spacial score (nSPS) is 25.2. The lowest BCUT2D eigenvalue weighted by Gasteiger charge is -2.29. The van der Waals surface area contributed by atoms with Crippen molar-refractivity contribution in [1.29, 1.82) is 0 Å². The van der Waals surface area contributed by atoms with Crippen LogP contribution in [0.3, 0.4) is 0 Å². The zero-order chi connectivity index (χ0) is 24.9. The largest absolute Gasteiger partial charge is 0.497 e. The molecule has 0 spiro atoms. The average molecular weight is 513 g/mol. The summed E-state index contributed by atoms with van der Waals surface area (Å²) in [6.07, 6.45) is 12.2. The third-order valence-corrected chi connectivity index (χ3v) is 8.87. The van der Waals surface area contributed by atoms with Crippen molar-refractivity contribution in [2.45, 2.75) is 94.5 Å². The van der Waals surface area contributed by atoms with Crippen LogP contribution >= 0.6 is 11.8 Å². The molecule has 0 radical (unpaired) electrons. The van der Waals surface area contributed by atoms with E-state index in [1.54, 1.807) is 7.11 Å². The van der Waals surface area contributed by atoms with E-state index in [4.69, 9.17) is 18.9 Å². The van der Waals surface area contributed by atoms with Gasteiger partial charge in [0.05, 0.1) is 25.1 Å². The third-order valence-electron chi connectivity index (χ3n) is 7.81. The number of hydrogen-bond donors (Lipinski definition) is 1.